The smallest absolute Gasteiger partial charge is 0.253 e. The monoisotopic (exact) mass is 334 g/mol. The molecule has 0 radical (unpaired) electrons. The van der Waals surface area contributed by atoms with Gasteiger partial charge in [-0.2, -0.15) is 0 Å². The van der Waals surface area contributed by atoms with Gasteiger partial charge in [0, 0.05) is 38.2 Å². The van der Waals surface area contributed by atoms with Gasteiger partial charge in [0.15, 0.2) is 6.10 Å². The molecule has 3 rings (SSSR count). The number of hydrogen-bond acceptors (Lipinski definition) is 4. The Hall–Kier alpha value is -1.89. The van der Waals surface area contributed by atoms with E-state index in [1.54, 1.807) is 4.90 Å². The lowest BCUT2D eigenvalue weighted by Crippen LogP contribution is -2.53. The van der Waals surface area contributed by atoms with E-state index in [-0.39, 0.29) is 11.8 Å². The van der Waals surface area contributed by atoms with E-state index in [1.165, 1.54) is 6.92 Å². The molecule has 132 valence electrons. The fraction of sp³-hybridized carbons (Fsp3) is 0.706. The van der Waals surface area contributed by atoms with Crippen molar-refractivity contribution in [2.45, 2.75) is 45.6 Å². The standard InChI is InChI=1S/C17H26N4O3/c1-11-12(2)19-16(18-11)14-4-6-20(7-5-14)17(23)15-10-21(13(3)22)8-9-24-15/h14-15H,4-10H2,1-3H3,(H,18,19). The maximum absolute atomic E-state index is 12.7. The van der Waals surface area contributed by atoms with Crippen molar-refractivity contribution in [1.82, 2.24) is 19.8 Å². The maximum Gasteiger partial charge on any atom is 0.253 e. The van der Waals surface area contributed by atoms with Crippen LogP contribution >= 0.6 is 0 Å². The Balaban J connectivity index is 1.56. The Morgan fingerprint density at radius 3 is 2.46 bits per heavy atom. The van der Waals surface area contributed by atoms with Crippen LogP contribution in [0.1, 0.15) is 42.9 Å². The van der Waals surface area contributed by atoms with Crippen LogP contribution < -0.4 is 0 Å². The van der Waals surface area contributed by atoms with E-state index in [0.29, 0.717) is 38.7 Å². The van der Waals surface area contributed by atoms with E-state index in [4.69, 9.17) is 4.74 Å². The summed E-state index contributed by atoms with van der Waals surface area (Å²) in [6.45, 7) is 8.36. The number of carbonyl (C=O) groups excluding carboxylic acids is 2. The molecule has 0 aliphatic carbocycles. The fourth-order valence-electron chi connectivity index (χ4n) is 3.43. The quantitative estimate of drug-likeness (QED) is 0.874. The number of morpholine rings is 1. The third kappa shape index (κ3) is 3.45. The van der Waals surface area contributed by atoms with Gasteiger partial charge >= 0.3 is 0 Å². The molecule has 7 nitrogen and oxygen atoms in total. The summed E-state index contributed by atoms with van der Waals surface area (Å²) in [5.41, 5.74) is 2.16. The Kier molecular flexibility index (Phi) is 4.89. The van der Waals surface area contributed by atoms with Crippen molar-refractivity contribution < 1.29 is 14.3 Å². The SMILES string of the molecule is CC(=O)N1CCOC(C(=O)N2CCC(c3nc(C)c(C)[nH]3)CC2)C1. The van der Waals surface area contributed by atoms with Gasteiger partial charge in [0.2, 0.25) is 5.91 Å². The van der Waals surface area contributed by atoms with Gasteiger partial charge in [-0.25, -0.2) is 4.98 Å². The first-order chi connectivity index (χ1) is 11.5. The molecule has 1 N–H and O–H groups in total. The molecule has 2 aliphatic rings. The van der Waals surface area contributed by atoms with Crippen molar-refractivity contribution in [3.63, 3.8) is 0 Å². The first-order valence-corrected chi connectivity index (χ1v) is 8.64. The molecule has 1 aromatic heterocycles. The van der Waals surface area contributed by atoms with Crippen LogP contribution in [0.5, 0.6) is 0 Å². The molecular formula is C17H26N4O3. The highest BCUT2D eigenvalue weighted by molar-refractivity contribution is 5.82. The molecule has 1 unspecified atom stereocenters. The van der Waals surface area contributed by atoms with E-state index in [0.717, 1.165) is 30.1 Å². The predicted octanol–water partition coefficient (Wildman–Crippen LogP) is 0.980. The van der Waals surface area contributed by atoms with E-state index in [9.17, 15) is 9.59 Å². The molecule has 0 bridgehead atoms. The summed E-state index contributed by atoms with van der Waals surface area (Å²) in [7, 11) is 0. The number of aryl methyl sites for hydroxylation is 2. The van der Waals surface area contributed by atoms with Crippen molar-refractivity contribution in [3.8, 4) is 0 Å². The van der Waals surface area contributed by atoms with Crippen molar-refractivity contribution >= 4 is 11.8 Å². The van der Waals surface area contributed by atoms with Crippen LogP contribution in [0.15, 0.2) is 0 Å². The second-order valence-electron chi connectivity index (χ2n) is 6.76. The highest BCUT2D eigenvalue weighted by atomic mass is 16.5. The van der Waals surface area contributed by atoms with Crippen LogP contribution in [0.25, 0.3) is 0 Å². The third-order valence-electron chi connectivity index (χ3n) is 5.13. The van der Waals surface area contributed by atoms with Crippen LogP contribution in [0.3, 0.4) is 0 Å². The molecule has 2 fully saturated rings. The van der Waals surface area contributed by atoms with Crippen LogP contribution in [0.4, 0.5) is 0 Å². The molecular weight excluding hydrogens is 308 g/mol. The number of hydrogen-bond donors (Lipinski definition) is 1. The summed E-state index contributed by atoms with van der Waals surface area (Å²) in [6, 6.07) is 0. The lowest BCUT2D eigenvalue weighted by atomic mass is 9.95. The Labute approximate surface area is 142 Å². The first kappa shape index (κ1) is 17.0. The zero-order chi connectivity index (χ0) is 17.3. The van der Waals surface area contributed by atoms with Crippen LogP contribution in [-0.2, 0) is 14.3 Å². The molecule has 2 aliphatic heterocycles. The summed E-state index contributed by atoms with van der Waals surface area (Å²) in [5.74, 6) is 1.42. The Morgan fingerprint density at radius 1 is 1.17 bits per heavy atom. The number of likely N-dealkylation sites (tertiary alicyclic amines) is 1. The van der Waals surface area contributed by atoms with Crippen LogP contribution in [0.2, 0.25) is 0 Å². The number of ether oxygens (including phenoxy) is 1. The number of imidazole rings is 1. The average Bonchev–Trinajstić information content (AvgIpc) is 2.93. The summed E-state index contributed by atoms with van der Waals surface area (Å²) < 4.78 is 5.60. The highest BCUT2D eigenvalue weighted by Gasteiger charge is 2.33. The maximum atomic E-state index is 12.7. The molecule has 24 heavy (non-hydrogen) atoms. The number of nitrogens with zero attached hydrogens (tertiary/aromatic N) is 3. The van der Waals surface area contributed by atoms with E-state index in [2.05, 4.69) is 9.97 Å². The van der Waals surface area contributed by atoms with Gasteiger partial charge in [0.25, 0.3) is 5.91 Å². The van der Waals surface area contributed by atoms with Crippen molar-refractivity contribution in [2.75, 3.05) is 32.8 Å². The molecule has 2 saturated heterocycles. The van der Waals surface area contributed by atoms with Gasteiger partial charge in [0.1, 0.15) is 5.82 Å². The third-order valence-corrected chi connectivity index (χ3v) is 5.13. The van der Waals surface area contributed by atoms with Gasteiger partial charge < -0.3 is 19.5 Å². The number of nitrogens with one attached hydrogen (secondary N) is 1. The second-order valence-corrected chi connectivity index (χ2v) is 6.76. The highest BCUT2D eigenvalue weighted by Crippen LogP contribution is 2.27. The minimum absolute atomic E-state index is 0.00151. The molecule has 0 spiro atoms. The molecule has 3 heterocycles. The fourth-order valence-corrected chi connectivity index (χ4v) is 3.43. The Bertz CT molecular complexity index is 600. The van der Waals surface area contributed by atoms with Crippen LogP contribution in [0, 0.1) is 13.8 Å². The zero-order valence-electron chi connectivity index (χ0n) is 14.7. The van der Waals surface area contributed by atoms with Gasteiger partial charge in [-0.05, 0) is 26.7 Å². The van der Waals surface area contributed by atoms with E-state index < -0.39 is 6.10 Å². The summed E-state index contributed by atoms with van der Waals surface area (Å²) in [4.78, 5) is 35.7. The zero-order valence-corrected chi connectivity index (χ0v) is 14.7. The van der Waals surface area contributed by atoms with E-state index >= 15 is 0 Å². The first-order valence-electron chi connectivity index (χ1n) is 8.64. The molecule has 7 heteroatoms. The average molecular weight is 334 g/mol. The van der Waals surface area contributed by atoms with Gasteiger partial charge in [0.05, 0.1) is 18.8 Å². The number of aromatic nitrogens is 2. The molecule has 0 aromatic carbocycles. The largest absolute Gasteiger partial charge is 0.365 e. The van der Waals surface area contributed by atoms with Crippen molar-refractivity contribution in [3.05, 3.63) is 17.2 Å². The second kappa shape index (κ2) is 6.93. The lowest BCUT2D eigenvalue weighted by molar-refractivity contribution is -0.154. The van der Waals surface area contributed by atoms with Gasteiger partial charge in [-0.1, -0.05) is 0 Å². The van der Waals surface area contributed by atoms with E-state index in [1.807, 2.05) is 18.7 Å². The number of amides is 2. The minimum Gasteiger partial charge on any atom is -0.365 e. The molecule has 1 atom stereocenters. The predicted molar refractivity (Wildman–Crippen MR) is 88.6 cm³/mol. The Morgan fingerprint density at radius 2 is 1.88 bits per heavy atom. The summed E-state index contributed by atoms with van der Waals surface area (Å²) in [6.07, 6.45) is 1.29. The number of H-pyrrole nitrogens is 1. The van der Waals surface area contributed by atoms with Crippen molar-refractivity contribution in [2.24, 2.45) is 0 Å². The number of rotatable bonds is 2. The molecule has 2 amide bonds. The molecule has 0 saturated carbocycles. The number of carbonyl (C=O) groups is 2. The number of aromatic amines is 1. The lowest BCUT2D eigenvalue weighted by Gasteiger charge is -2.37. The topological polar surface area (TPSA) is 78.5 Å². The van der Waals surface area contributed by atoms with Crippen molar-refractivity contribution in [1.29, 1.82) is 0 Å². The minimum atomic E-state index is -0.521. The molecule has 1 aromatic rings. The van der Waals surface area contributed by atoms with Crippen LogP contribution in [-0.4, -0.2) is 70.5 Å². The van der Waals surface area contributed by atoms with Gasteiger partial charge in [-0.15, -0.1) is 0 Å². The normalized spacial score (nSPS) is 22.7. The van der Waals surface area contributed by atoms with Gasteiger partial charge in [-0.3, -0.25) is 9.59 Å². The summed E-state index contributed by atoms with van der Waals surface area (Å²) >= 11 is 0. The summed E-state index contributed by atoms with van der Waals surface area (Å²) in [5, 5.41) is 0. The number of piperidine rings is 1.